The van der Waals surface area contributed by atoms with Crippen LogP contribution in [-0.2, 0) is 4.79 Å². The van der Waals surface area contributed by atoms with E-state index < -0.39 is 5.97 Å². The van der Waals surface area contributed by atoms with E-state index in [1.54, 1.807) is 0 Å². The van der Waals surface area contributed by atoms with Gasteiger partial charge in [-0.15, -0.1) is 5.92 Å². The molecule has 0 aromatic heterocycles. The number of carbonyl (C=O) groups is 1. The molecule has 0 unspecified atom stereocenters. The third kappa shape index (κ3) is 3.13. The molecule has 2 heteroatoms. The van der Waals surface area contributed by atoms with Crippen molar-refractivity contribution in [1.29, 1.82) is 0 Å². The molecule has 0 aromatic carbocycles. The highest BCUT2D eigenvalue weighted by molar-refractivity contribution is 5.68. The van der Waals surface area contributed by atoms with Crippen LogP contribution in [-0.4, -0.2) is 11.1 Å². The Kier molecular flexibility index (Phi) is 3.96. The molecule has 0 saturated heterocycles. The molecule has 0 aliphatic heterocycles. The second kappa shape index (κ2) is 5.02. The maximum absolute atomic E-state index is 10.8. The van der Waals surface area contributed by atoms with Gasteiger partial charge in [-0.3, -0.25) is 4.79 Å². The van der Waals surface area contributed by atoms with E-state index in [0.717, 1.165) is 25.7 Å². The standard InChI is InChI=1S/C13H18O2/c1-3-4-5-7-11-8-6-9-13(11,2)10-12(14)15/h8H,3,6-7,9-10H2,1-2H3,(H,14,15)/t13-/m1/s1. The average molecular weight is 206 g/mol. The van der Waals surface area contributed by atoms with Crippen molar-refractivity contribution in [2.75, 3.05) is 0 Å². The molecular formula is C13H18O2. The molecule has 15 heavy (non-hydrogen) atoms. The predicted octanol–water partition coefficient (Wildman–Crippen LogP) is 2.99. The molecule has 0 aromatic rings. The smallest absolute Gasteiger partial charge is 0.304 e. The summed E-state index contributed by atoms with van der Waals surface area (Å²) < 4.78 is 0. The van der Waals surface area contributed by atoms with Gasteiger partial charge in [0.25, 0.3) is 0 Å². The fourth-order valence-corrected chi connectivity index (χ4v) is 2.08. The van der Waals surface area contributed by atoms with E-state index in [1.807, 2.05) is 13.8 Å². The minimum absolute atomic E-state index is 0.158. The maximum atomic E-state index is 10.8. The summed E-state index contributed by atoms with van der Waals surface area (Å²) in [6, 6.07) is 0. The van der Waals surface area contributed by atoms with Gasteiger partial charge in [0.2, 0.25) is 0 Å². The van der Waals surface area contributed by atoms with Gasteiger partial charge >= 0.3 is 5.97 Å². The van der Waals surface area contributed by atoms with Crippen LogP contribution in [0, 0.1) is 17.3 Å². The Morgan fingerprint density at radius 1 is 1.60 bits per heavy atom. The summed E-state index contributed by atoms with van der Waals surface area (Å²) in [4.78, 5) is 10.8. The van der Waals surface area contributed by atoms with E-state index in [2.05, 4.69) is 17.9 Å². The maximum Gasteiger partial charge on any atom is 0.304 e. The van der Waals surface area contributed by atoms with Gasteiger partial charge in [0.05, 0.1) is 6.42 Å². The van der Waals surface area contributed by atoms with E-state index in [1.165, 1.54) is 5.57 Å². The number of aliphatic carboxylic acids is 1. The lowest BCUT2D eigenvalue weighted by molar-refractivity contribution is -0.139. The molecule has 1 rings (SSSR count). The summed E-state index contributed by atoms with van der Waals surface area (Å²) in [5.41, 5.74) is 1.06. The van der Waals surface area contributed by atoms with Crippen LogP contribution < -0.4 is 0 Å². The second-order valence-corrected chi connectivity index (χ2v) is 4.28. The predicted molar refractivity (Wildman–Crippen MR) is 60.4 cm³/mol. The zero-order valence-electron chi connectivity index (χ0n) is 9.47. The third-order valence-electron chi connectivity index (χ3n) is 2.98. The van der Waals surface area contributed by atoms with E-state index in [9.17, 15) is 4.79 Å². The molecule has 0 saturated carbocycles. The van der Waals surface area contributed by atoms with E-state index in [0.29, 0.717) is 0 Å². The monoisotopic (exact) mass is 206 g/mol. The fraction of sp³-hybridized carbons (Fsp3) is 0.615. The Balaban J connectivity index is 2.66. The minimum atomic E-state index is -0.714. The largest absolute Gasteiger partial charge is 0.481 e. The number of allylic oxidation sites excluding steroid dienone is 2. The van der Waals surface area contributed by atoms with E-state index >= 15 is 0 Å². The van der Waals surface area contributed by atoms with Crippen LogP contribution in [0.2, 0.25) is 0 Å². The SMILES string of the molecule is CCC#CCC1=CCC[C@]1(C)CC(=O)O. The van der Waals surface area contributed by atoms with Gasteiger partial charge in [0.1, 0.15) is 0 Å². The molecule has 1 aliphatic rings. The summed E-state index contributed by atoms with van der Waals surface area (Å²) in [5, 5.41) is 8.87. The number of rotatable bonds is 3. The van der Waals surface area contributed by atoms with Crippen molar-refractivity contribution in [3.05, 3.63) is 11.6 Å². The molecule has 1 N–H and O–H groups in total. The normalized spacial score (nSPS) is 24.3. The zero-order valence-corrected chi connectivity index (χ0v) is 9.47. The Hall–Kier alpha value is -1.23. The molecule has 1 atom stereocenters. The van der Waals surface area contributed by atoms with Crippen molar-refractivity contribution in [2.24, 2.45) is 5.41 Å². The summed E-state index contributed by atoms with van der Waals surface area (Å²) in [6.45, 7) is 4.06. The van der Waals surface area contributed by atoms with Gasteiger partial charge < -0.3 is 5.11 Å². The van der Waals surface area contributed by atoms with Crippen LogP contribution in [0.4, 0.5) is 0 Å². The molecule has 0 bridgehead atoms. The van der Waals surface area contributed by atoms with Crippen LogP contribution in [0.15, 0.2) is 11.6 Å². The van der Waals surface area contributed by atoms with Crippen LogP contribution in [0.25, 0.3) is 0 Å². The lowest BCUT2D eigenvalue weighted by Gasteiger charge is -2.25. The molecule has 2 nitrogen and oxygen atoms in total. The molecule has 82 valence electrons. The van der Waals surface area contributed by atoms with Crippen LogP contribution in [0.3, 0.4) is 0 Å². The van der Waals surface area contributed by atoms with Gasteiger partial charge in [0, 0.05) is 18.3 Å². The molecule has 0 fully saturated rings. The Bertz CT molecular complexity index is 330. The Morgan fingerprint density at radius 2 is 2.33 bits per heavy atom. The van der Waals surface area contributed by atoms with Crippen LogP contribution in [0.5, 0.6) is 0 Å². The highest BCUT2D eigenvalue weighted by Gasteiger charge is 2.33. The Morgan fingerprint density at radius 3 is 2.93 bits per heavy atom. The summed E-state index contributed by atoms with van der Waals surface area (Å²) >= 11 is 0. The van der Waals surface area contributed by atoms with Gasteiger partial charge in [-0.2, -0.15) is 0 Å². The highest BCUT2D eigenvalue weighted by atomic mass is 16.4. The first kappa shape index (κ1) is 11.8. The quantitative estimate of drug-likeness (QED) is 0.569. The summed E-state index contributed by atoms with van der Waals surface area (Å²) in [6.07, 6.45) is 5.93. The molecule has 0 spiro atoms. The third-order valence-corrected chi connectivity index (χ3v) is 2.98. The average Bonchev–Trinajstić information content (AvgIpc) is 2.47. The summed E-state index contributed by atoms with van der Waals surface area (Å²) in [5.74, 6) is 5.41. The van der Waals surface area contributed by atoms with Crippen molar-refractivity contribution < 1.29 is 9.90 Å². The first-order chi connectivity index (χ1) is 7.08. The van der Waals surface area contributed by atoms with Gasteiger partial charge in [-0.05, 0) is 12.8 Å². The molecule has 0 radical (unpaired) electrons. The first-order valence-electron chi connectivity index (χ1n) is 5.45. The number of hydrogen-bond donors (Lipinski definition) is 1. The van der Waals surface area contributed by atoms with Crippen molar-refractivity contribution in [2.45, 2.75) is 46.0 Å². The van der Waals surface area contributed by atoms with Crippen molar-refractivity contribution >= 4 is 5.97 Å². The fourth-order valence-electron chi connectivity index (χ4n) is 2.08. The second-order valence-electron chi connectivity index (χ2n) is 4.28. The van der Waals surface area contributed by atoms with E-state index in [-0.39, 0.29) is 11.8 Å². The molecule has 0 heterocycles. The topological polar surface area (TPSA) is 37.3 Å². The molecule has 1 aliphatic carbocycles. The molecular weight excluding hydrogens is 188 g/mol. The number of hydrogen-bond acceptors (Lipinski definition) is 1. The van der Waals surface area contributed by atoms with Crippen molar-refractivity contribution in [1.82, 2.24) is 0 Å². The van der Waals surface area contributed by atoms with Gasteiger partial charge in [0.15, 0.2) is 0 Å². The highest BCUT2D eigenvalue weighted by Crippen LogP contribution is 2.42. The van der Waals surface area contributed by atoms with Gasteiger partial charge in [-0.25, -0.2) is 0 Å². The van der Waals surface area contributed by atoms with Crippen LogP contribution >= 0.6 is 0 Å². The van der Waals surface area contributed by atoms with Crippen LogP contribution in [0.1, 0.15) is 46.0 Å². The van der Waals surface area contributed by atoms with Gasteiger partial charge in [-0.1, -0.05) is 31.4 Å². The minimum Gasteiger partial charge on any atom is -0.481 e. The van der Waals surface area contributed by atoms with Crippen molar-refractivity contribution in [3.63, 3.8) is 0 Å². The zero-order chi connectivity index (χ0) is 11.3. The lowest BCUT2D eigenvalue weighted by atomic mass is 9.79. The lowest BCUT2D eigenvalue weighted by Crippen LogP contribution is -2.20. The Labute approximate surface area is 91.4 Å². The summed E-state index contributed by atoms with van der Waals surface area (Å²) in [7, 11) is 0. The number of carboxylic acid groups (broad SMARTS) is 1. The van der Waals surface area contributed by atoms with E-state index in [4.69, 9.17) is 5.11 Å². The van der Waals surface area contributed by atoms with Crippen molar-refractivity contribution in [3.8, 4) is 11.8 Å². The first-order valence-corrected chi connectivity index (χ1v) is 5.45. The number of carboxylic acids is 1. The molecule has 0 amide bonds.